The van der Waals surface area contributed by atoms with E-state index in [4.69, 9.17) is 0 Å². The van der Waals surface area contributed by atoms with Gasteiger partial charge in [0.2, 0.25) is 0 Å². The smallest absolute Gasteiger partial charge is 0.0303 e. The Bertz CT molecular complexity index is 213. The molecule has 0 bridgehead atoms. The summed E-state index contributed by atoms with van der Waals surface area (Å²) in [5.74, 6) is 0. The van der Waals surface area contributed by atoms with Gasteiger partial charge in [-0.05, 0) is 30.2 Å². The summed E-state index contributed by atoms with van der Waals surface area (Å²) >= 11 is 0. The first-order valence-corrected chi connectivity index (χ1v) is 3.59. The zero-order valence-corrected chi connectivity index (χ0v) is 8.64. The van der Waals surface area contributed by atoms with Gasteiger partial charge in [-0.1, -0.05) is 0 Å². The van der Waals surface area contributed by atoms with Crippen LogP contribution in [-0.4, -0.2) is 11.5 Å². The van der Waals surface area contributed by atoms with Gasteiger partial charge in [0.25, 0.3) is 0 Å². The molecule has 0 saturated heterocycles. The number of hydrogen-bond donors (Lipinski definition) is 1. The monoisotopic (exact) mass is 200 g/mol. The van der Waals surface area contributed by atoms with E-state index in [0.717, 1.165) is 19.5 Å². The summed E-state index contributed by atoms with van der Waals surface area (Å²) in [6.07, 6.45) is 4.95. The van der Waals surface area contributed by atoms with Crippen molar-refractivity contribution in [3.8, 4) is 0 Å². The van der Waals surface area contributed by atoms with Crippen LogP contribution in [0.2, 0.25) is 0 Å². The normalized spacial score (nSPS) is 13.7. The molecule has 1 aliphatic rings. The van der Waals surface area contributed by atoms with E-state index >= 15 is 0 Å². The zero-order chi connectivity index (χ0) is 6.81. The molecule has 2 heterocycles. The van der Waals surface area contributed by atoms with Gasteiger partial charge < -0.3 is 12.7 Å². The van der Waals surface area contributed by atoms with E-state index in [1.54, 1.807) is 0 Å². The van der Waals surface area contributed by atoms with Crippen molar-refractivity contribution in [2.24, 2.45) is 0 Å². The van der Waals surface area contributed by atoms with Gasteiger partial charge in [-0.15, -0.1) is 0 Å². The van der Waals surface area contributed by atoms with Gasteiger partial charge in [-0.25, -0.2) is 0 Å². The molecular formula is C9H13N2V-. The SMILES string of the molecule is [CH3-].[V].c1cc2c(cn1)CCNC2. The summed E-state index contributed by atoms with van der Waals surface area (Å²) in [6, 6.07) is 2.08. The third-order valence-electron chi connectivity index (χ3n) is 1.89. The number of rotatable bonds is 0. The third kappa shape index (κ3) is 2.34. The molecule has 1 aromatic rings. The number of pyridine rings is 1. The van der Waals surface area contributed by atoms with Crippen LogP contribution in [-0.2, 0) is 31.5 Å². The minimum absolute atomic E-state index is 0. The number of nitrogens with zero attached hydrogens (tertiary/aromatic N) is 1. The summed E-state index contributed by atoms with van der Waals surface area (Å²) in [4.78, 5) is 4.07. The van der Waals surface area contributed by atoms with Gasteiger partial charge in [0, 0.05) is 37.5 Å². The molecule has 65 valence electrons. The first-order chi connectivity index (χ1) is 4.97. The summed E-state index contributed by atoms with van der Waals surface area (Å²) < 4.78 is 0. The molecule has 2 rings (SSSR count). The second kappa shape index (κ2) is 5.36. The first-order valence-electron chi connectivity index (χ1n) is 3.59. The van der Waals surface area contributed by atoms with E-state index < -0.39 is 0 Å². The fourth-order valence-corrected chi connectivity index (χ4v) is 1.30. The number of fused-ring (bicyclic) bond motifs is 1. The predicted molar refractivity (Wildman–Crippen MR) is 46.1 cm³/mol. The maximum absolute atomic E-state index is 4.07. The van der Waals surface area contributed by atoms with Gasteiger partial charge in [-0.3, -0.25) is 4.98 Å². The van der Waals surface area contributed by atoms with Crippen molar-refractivity contribution in [2.75, 3.05) is 6.54 Å². The molecule has 12 heavy (non-hydrogen) atoms. The Morgan fingerprint density at radius 3 is 2.92 bits per heavy atom. The van der Waals surface area contributed by atoms with E-state index in [0.29, 0.717) is 0 Å². The summed E-state index contributed by atoms with van der Waals surface area (Å²) in [7, 11) is 0. The van der Waals surface area contributed by atoms with Crippen LogP contribution in [0.15, 0.2) is 18.5 Å². The van der Waals surface area contributed by atoms with Crippen LogP contribution >= 0.6 is 0 Å². The molecule has 0 spiro atoms. The van der Waals surface area contributed by atoms with Crippen LogP contribution in [0.4, 0.5) is 0 Å². The molecule has 2 nitrogen and oxygen atoms in total. The summed E-state index contributed by atoms with van der Waals surface area (Å²) in [6.45, 7) is 2.11. The Hall–Kier alpha value is -0.306. The standard InChI is InChI=1S/C8H10N2.CH3.V/c1-3-9-6-8-2-4-10-5-7(1)8;;/h1,3,6,10H,2,4-5H2;1H3;/q;-1;. The summed E-state index contributed by atoms with van der Waals surface area (Å²) in [5.41, 5.74) is 2.81. The molecule has 0 saturated carbocycles. The maximum atomic E-state index is 4.07. The first kappa shape index (κ1) is 11.7. The minimum atomic E-state index is 0. The van der Waals surface area contributed by atoms with Crippen LogP contribution < -0.4 is 5.32 Å². The van der Waals surface area contributed by atoms with Crippen molar-refractivity contribution >= 4 is 0 Å². The van der Waals surface area contributed by atoms with E-state index in [2.05, 4.69) is 16.4 Å². The maximum Gasteiger partial charge on any atom is 0.0303 e. The second-order valence-corrected chi connectivity index (χ2v) is 2.57. The van der Waals surface area contributed by atoms with Gasteiger partial charge in [0.1, 0.15) is 0 Å². The van der Waals surface area contributed by atoms with Crippen molar-refractivity contribution in [3.63, 3.8) is 0 Å². The molecule has 3 heteroatoms. The van der Waals surface area contributed by atoms with Gasteiger partial charge in [0.05, 0.1) is 0 Å². The molecule has 0 aromatic carbocycles. The Balaban J connectivity index is 0.000000605. The topological polar surface area (TPSA) is 24.9 Å². The molecule has 0 aliphatic carbocycles. The Morgan fingerprint density at radius 2 is 2.17 bits per heavy atom. The van der Waals surface area contributed by atoms with Gasteiger partial charge in [-0.2, -0.15) is 0 Å². The van der Waals surface area contributed by atoms with E-state index in [9.17, 15) is 0 Å². The molecule has 1 radical (unpaired) electrons. The van der Waals surface area contributed by atoms with E-state index in [1.807, 2.05) is 12.4 Å². The number of hydrogen-bond acceptors (Lipinski definition) is 2. The van der Waals surface area contributed by atoms with Crippen LogP contribution in [0.1, 0.15) is 11.1 Å². The van der Waals surface area contributed by atoms with Crippen molar-refractivity contribution in [2.45, 2.75) is 13.0 Å². The molecule has 1 N–H and O–H groups in total. The quantitative estimate of drug-likeness (QED) is 0.636. The van der Waals surface area contributed by atoms with Crippen molar-refractivity contribution in [1.82, 2.24) is 10.3 Å². The van der Waals surface area contributed by atoms with Crippen molar-refractivity contribution in [1.29, 1.82) is 0 Å². The average molecular weight is 200 g/mol. The number of aromatic nitrogens is 1. The predicted octanol–water partition coefficient (Wildman–Crippen LogP) is 1.18. The number of nitrogens with one attached hydrogen (secondary N) is 1. The van der Waals surface area contributed by atoms with Crippen LogP contribution in [0, 0.1) is 7.43 Å². The fraction of sp³-hybridized carbons (Fsp3) is 0.333. The van der Waals surface area contributed by atoms with Crippen molar-refractivity contribution in [3.05, 3.63) is 37.0 Å². The Labute approximate surface area is 85.7 Å². The minimum Gasteiger partial charge on any atom is -0.358 e. The van der Waals surface area contributed by atoms with Gasteiger partial charge >= 0.3 is 0 Å². The summed E-state index contributed by atoms with van der Waals surface area (Å²) in [5, 5.41) is 3.31. The van der Waals surface area contributed by atoms with Crippen LogP contribution in [0.25, 0.3) is 0 Å². The largest absolute Gasteiger partial charge is 0.358 e. The van der Waals surface area contributed by atoms with E-state index in [1.165, 1.54) is 11.1 Å². The van der Waals surface area contributed by atoms with E-state index in [-0.39, 0.29) is 26.0 Å². The molecule has 1 aliphatic heterocycles. The van der Waals surface area contributed by atoms with Crippen molar-refractivity contribution < 1.29 is 18.6 Å². The molecule has 0 atom stereocenters. The fourth-order valence-electron chi connectivity index (χ4n) is 1.30. The molecular weight excluding hydrogens is 187 g/mol. The second-order valence-electron chi connectivity index (χ2n) is 2.57. The van der Waals surface area contributed by atoms with Crippen LogP contribution in [0.3, 0.4) is 0 Å². The average Bonchev–Trinajstić information content (AvgIpc) is 2.05. The Morgan fingerprint density at radius 1 is 1.33 bits per heavy atom. The molecule has 0 fully saturated rings. The van der Waals surface area contributed by atoms with Gasteiger partial charge in [0.15, 0.2) is 0 Å². The zero-order valence-electron chi connectivity index (χ0n) is 7.25. The van der Waals surface area contributed by atoms with Crippen LogP contribution in [0.5, 0.6) is 0 Å². The molecule has 0 unspecified atom stereocenters. The molecule has 0 amide bonds. The Kier molecular flexibility index (Phi) is 5.22. The molecule has 1 aromatic heterocycles. The third-order valence-corrected chi connectivity index (χ3v) is 1.89.